The first-order valence-electron chi connectivity index (χ1n) is 7.06. The van der Waals surface area contributed by atoms with Crippen molar-refractivity contribution in [1.82, 2.24) is 9.97 Å². The second-order valence-electron chi connectivity index (χ2n) is 4.32. The highest BCUT2D eigenvalue weighted by atomic mass is 16.5. The number of aryl methyl sites for hydroxylation is 1. The minimum absolute atomic E-state index is 0.612. The van der Waals surface area contributed by atoms with E-state index in [1.54, 1.807) is 0 Å². The molecule has 0 saturated carbocycles. The zero-order chi connectivity index (χ0) is 13.9. The molecule has 108 valence electrons. The van der Waals surface area contributed by atoms with Crippen LogP contribution in [0.15, 0.2) is 6.07 Å². The Hall–Kier alpha value is -1.36. The van der Waals surface area contributed by atoms with Crippen LogP contribution in [-0.2, 0) is 4.74 Å². The van der Waals surface area contributed by atoms with Gasteiger partial charge in [0.1, 0.15) is 11.6 Å². The molecule has 0 bridgehead atoms. The van der Waals surface area contributed by atoms with Crippen LogP contribution in [0, 0.1) is 6.92 Å². The van der Waals surface area contributed by atoms with Crippen LogP contribution >= 0.6 is 0 Å². The lowest BCUT2D eigenvalue weighted by Crippen LogP contribution is -2.09. The first kappa shape index (κ1) is 15.7. The van der Waals surface area contributed by atoms with Crippen molar-refractivity contribution in [2.24, 2.45) is 0 Å². The molecule has 0 aromatic carbocycles. The molecule has 0 aliphatic rings. The maximum Gasteiger partial charge on any atom is 0.218 e. The maximum atomic E-state index is 5.50. The van der Waals surface area contributed by atoms with Gasteiger partial charge in [0.15, 0.2) is 0 Å². The fourth-order valence-corrected chi connectivity index (χ4v) is 1.59. The average Bonchev–Trinajstić information content (AvgIpc) is 2.37. The van der Waals surface area contributed by atoms with Crippen LogP contribution in [0.4, 0.5) is 5.82 Å². The molecule has 1 rings (SSSR count). The molecule has 0 saturated heterocycles. The van der Waals surface area contributed by atoms with E-state index in [9.17, 15) is 0 Å². The molecule has 0 atom stereocenters. The molecule has 0 fully saturated rings. The first-order chi connectivity index (χ1) is 9.26. The summed E-state index contributed by atoms with van der Waals surface area (Å²) < 4.78 is 10.9. The Bertz CT molecular complexity index is 359. The number of ether oxygens (including phenoxy) is 2. The fourth-order valence-electron chi connectivity index (χ4n) is 1.59. The Kier molecular flexibility index (Phi) is 7.89. The summed E-state index contributed by atoms with van der Waals surface area (Å²) >= 11 is 0. The van der Waals surface area contributed by atoms with Gasteiger partial charge in [0.2, 0.25) is 5.88 Å². The number of anilines is 1. The molecule has 19 heavy (non-hydrogen) atoms. The van der Waals surface area contributed by atoms with E-state index in [4.69, 9.17) is 9.47 Å². The van der Waals surface area contributed by atoms with Gasteiger partial charge in [0.05, 0.1) is 6.61 Å². The van der Waals surface area contributed by atoms with Crippen molar-refractivity contribution in [3.8, 4) is 5.88 Å². The quantitative estimate of drug-likeness (QED) is 0.661. The van der Waals surface area contributed by atoms with Gasteiger partial charge in [-0.3, -0.25) is 0 Å². The van der Waals surface area contributed by atoms with Gasteiger partial charge < -0.3 is 14.8 Å². The zero-order valence-corrected chi connectivity index (χ0v) is 12.2. The number of nitrogens with one attached hydrogen (secondary N) is 1. The lowest BCUT2D eigenvalue weighted by atomic mass is 10.3. The van der Waals surface area contributed by atoms with Crippen LogP contribution in [0.5, 0.6) is 5.88 Å². The monoisotopic (exact) mass is 267 g/mol. The minimum atomic E-state index is 0.612. The van der Waals surface area contributed by atoms with Crippen molar-refractivity contribution >= 4 is 5.82 Å². The number of hydrogen-bond acceptors (Lipinski definition) is 5. The maximum absolute atomic E-state index is 5.50. The van der Waals surface area contributed by atoms with Crippen molar-refractivity contribution < 1.29 is 9.47 Å². The van der Waals surface area contributed by atoms with Crippen molar-refractivity contribution in [2.75, 3.05) is 31.7 Å². The van der Waals surface area contributed by atoms with Crippen molar-refractivity contribution in [3.05, 3.63) is 11.9 Å². The van der Waals surface area contributed by atoms with Crippen LogP contribution in [0.25, 0.3) is 0 Å². The molecular weight excluding hydrogens is 242 g/mol. The smallest absolute Gasteiger partial charge is 0.218 e. The molecule has 0 radical (unpaired) electrons. The van der Waals surface area contributed by atoms with Crippen molar-refractivity contribution in [1.29, 1.82) is 0 Å². The summed E-state index contributed by atoms with van der Waals surface area (Å²) in [6.07, 6.45) is 3.28. The van der Waals surface area contributed by atoms with E-state index in [-0.39, 0.29) is 0 Å². The molecule has 5 nitrogen and oxygen atoms in total. The minimum Gasteiger partial charge on any atom is -0.478 e. The fraction of sp³-hybridized carbons (Fsp3) is 0.714. The summed E-state index contributed by atoms with van der Waals surface area (Å²) in [4.78, 5) is 8.52. The summed E-state index contributed by atoms with van der Waals surface area (Å²) in [6, 6.07) is 1.83. The third-order valence-corrected chi connectivity index (χ3v) is 2.52. The molecule has 0 amide bonds. The van der Waals surface area contributed by atoms with E-state index in [0.29, 0.717) is 18.3 Å². The van der Waals surface area contributed by atoms with E-state index >= 15 is 0 Å². The molecule has 1 aromatic heterocycles. The Morgan fingerprint density at radius 3 is 2.68 bits per heavy atom. The van der Waals surface area contributed by atoms with Crippen LogP contribution in [0.3, 0.4) is 0 Å². The van der Waals surface area contributed by atoms with E-state index in [1.807, 2.05) is 19.9 Å². The SMILES string of the molecule is CCCCOCCCNc1cc(OCC)nc(C)n1. The van der Waals surface area contributed by atoms with Gasteiger partial charge in [-0.25, -0.2) is 4.98 Å². The van der Waals surface area contributed by atoms with Gasteiger partial charge in [-0.05, 0) is 26.7 Å². The highest BCUT2D eigenvalue weighted by Crippen LogP contribution is 2.13. The summed E-state index contributed by atoms with van der Waals surface area (Å²) in [6.45, 7) is 9.07. The molecule has 1 heterocycles. The van der Waals surface area contributed by atoms with Gasteiger partial charge in [-0.1, -0.05) is 13.3 Å². The van der Waals surface area contributed by atoms with E-state index in [0.717, 1.165) is 38.4 Å². The molecule has 0 spiro atoms. The van der Waals surface area contributed by atoms with Gasteiger partial charge in [0.25, 0.3) is 0 Å². The predicted octanol–water partition coefficient (Wildman–Crippen LogP) is 2.80. The lowest BCUT2D eigenvalue weighted by molar-refractivity contribution is 0.131. The molecule has 0 aliphatic carbocycles. The van der Waals surface area contributed by atoms with Gasteiger partial charge in [0, 0.05) is 25.8 Å². The molecule has 1 N–H and O–H groups in total. The van der Waals surface area contributed by atoms with E-state index < -0.39 is 0 Å². The predicted molar refractivity (Wildman–Crippen MR) is 76.8 cm³/mol. The first-order valence-corrected chi connectivity index (χ1v) is 7.06. The van der Waals surface area contributed by atoms with Crippen LogP contribution in [0.2, 0.25) is 0 Å². The Morgan fingerprint density at radius 1 is 1.16 bits per heavy atom. The Morgan fingerprint density at radius 2 is 1.95 bits per heavy atom. The summed E-state index contributed by atoms with van der Waals surface area (Å²) in [7, 11) is 0. The Labute approximate surface area is 115 Å². The number of aromatic nitrogens is 2. The van der Waals surface area contributed by atoms with Gasteiger partial charge in [-0.15, -0.1) is 0 Å². The third-order valence-electron chi connectivity index (χ3n) is 2.52. The lowest BCUT2D eigenvalue weighted by Gasteiger charge is -2.09. The number of nitrogens with zero attached hydrogens (tertiary/aromatic N) is 2. The van der Waals surface area contributed by atoms with Crippen LogP contribution < -0.4 is 10.1 Å². The van der Waals surface area contributed by atoms with E-state index in [1.165, 1.54) is 6.42 Å². The second kappa shape index (κ2) is 9.55. The zero-order valence-electron chi connectivity index (χ0n) is 12.2. The standard InChI is InChI=1S/C14H25N3O2/c1-4-6-9-18-10-7-8-15-13-11-14(19-5-2)17-12(3)16-13/h11H,4-10H2,1-3H3,(H,15,16,17). The van der Waals surface area contributed by atoms with Crippen LogP contribution in [0.1, 0.15) is 38.9 Å². The molecule has 5 heteroatoms. The van der Waals surface area contributed by atoms with Crippen LogP contribution in [-0.4, -0.2) is 36.3 Å². The second-order valence-corrected chi connectivity index (χ2v) is 4.32. The molecule has 1 aromatic rings. The highest BCUT2D eigenvalue weighted by molar-refractivity contribution is 5.38. The summed E-state index contributed by atoms with van der Waals surface area (Å²) in [5.41, 5.74) is 0. The topological polar surface area (TPSA) is 56.3 Å². The van der Waals surface area contributed by atoms with Crippen molar-refractivity contribution in [2.45, 2.75) is 40.0 Å². The molecule has 0 unspecified atom stereocenters. The normalized spacial score (nSPS) is 10.5. The summed E-state index contributed by atoms with van der Waals surface area (Å²) in [5.74, 6) is 2.15. The number of rotatable bonds is 10. The number of hydrogen-bond donors (Lipinski definition) is 1. The number of unbranched alkanes of at least 4 members (excludes halogenated alkanes) is 1. The largest absolute Gasteiger partial charge is 0.478 e. The van der Waals surface area contributed by atoms with Gasteiger partial charge in [-0.2, -0.15) is 4.98 Å². The molecule has 0 aliphatic heterocycles. The Balaban J connectivity index is 2.25. The van der Waals surface area contributed by atoms with E-state index in [2.05, 4.69) is 22.2 Å². The van der Waals surface area contributed by atoms with Gasteiger partial charge >= 0.3 is 0 Å². The summed E-state index contributed by atoms with van der Waals surface area (Å²) in [5, 5.41) is 3.26. The third kappa shape index (κ3) is 6.96. The van der Waals surface area contributed by atoms with Crippen molar-refractivity contribution in [3.63, 3.8) is 0 Å². The molecular formula is C14H25N3O2. The average molecular weight is 267 g/mol. The highest BCUT2D eigenvalue weighted by Gasteiger charge is 2.01.